The van der Waals surface area contributed by atoms with E-state index in [1.54, 1.807) is 17.7 Å². The third-order valence-corrected chi connectivity index (χ3v) is 6.31. The number of hydrogen-bond donors (Lipinski definition) is 1. The second-order valence-corrected chi connectivity index (χ2v) is 8.14. The number of amides is 2. The molecule has 2 aromatic carbocycles. The molecule has 0 spiro atoms. The maximum atomic E-state index is 13.1. The number of fused-ring (bicyclic) bond motifs is 2. The second-order valence-electron chi connectivity index (χ2n) is 8.14. The highest BCUT2D eigenvalue weighted by molar-refractivity contribution is 5.99. The minimum absolute atomic E-state index is 0.00256. The molecule has 156 valence electrons. The highest BCUT2D eigenvalue weighted by atomic mass is 16.2. The number of nitrogens with one attached hydrogen (secondary N) is 1. The van der Waals surface area contributed by atoms with Gasteiger partial charge in [0.15, 0.2) is 0 Å². The number of aromatic nitrogens is 1. The minimum atomic E-state index is -0.294. The van der Waals surface area contributed by atoms with E-state index in [1.165, 1.54) is 0 Å². The Bertz CT molecular complexity index is 1250. The predicted octanol–water partition coefficient (Wildman–Crippen LogP) is 2.81. The van der Waals surface area contributed by atoms with E-state index in [4.69, 9.17) is 0 Å². The van der Waals surface area contributed by atoms with Crippen LogP contribution < -0.4 is 10.9 Å². The van der Waals surface area contributed by atoms with Gasteiger partial charge in [0, 0.05) is 43.4 Å². The fraction of sp³-hybridized carbons (Fsp3) is 0.240. The Labute approximate surface area is 180 Å². The molecule has 6 heteroatoms. The molecular formula is C25H23N3O3. The van der Waals surface area contributed by atoms with Gasteiger partial charge >= 0.3 is 0 Å². The summed E-state index contributed by atoms with van der Waals surface area (Å²) in [5.74, 6) is -0.123. The van der Waals surface area contributed by atoms with Gasteiger partial charge in [-0.1, -0.05) is 48.5 Å². The maximum Gasteiger partial charge on any atom is 0.258 e. The number of carbonyl (C=O) groups excluding carboxylic acids is 2. The van der Waals surface area contributed by atoms with Gasteiger partial charge in [-0.2, -0.15) is 0 Å². The Hall–Kier alpha value is -3.67. The van der Waals surface area contributed by atoms with Gasteiger partial charge in [-0.3, -0.25) is 14.4 Å². The zero-order chi connectivity index (χ0) is 21.5. The van der Waals surface area contributed by atoms with Gasteiger partial charge in [0.1, 0.15) is 0 Å². The summed E-state index contributed by atoms with van der Waals surface area (Å²) in [6.07, 6.45) is 0.866. The van der Waals surface area contributed by atoms with Gasteiger partial charge < -0.3 is 14.8 Å². The molecule has 0 radical (unpaired) electrons. The Morgan fingerprint density at radius 2 is 1.77 bits per heavy atom. The van der Waals surface area contributed by atoms with Crippen molar-refractivity contribution in [2.75, 3.05) is 6.54 Å². The molecule has 2 aliphatic heterocycles. The minimum Gasteiger partial charge on any atom is -0.345 e. The van der Waals surface area contributed by atoms with Crippen molar-refractivity contribution >= 4 is 11.8 Å². The van der Waals surface area contributed by atoms with Crippen molar-refractivity contribution in [3.05, 3.63) is 93.4 Å². The van der Waals surface area contributed by atoms with E-state index in [-0.39, 0.29) is 29.8 Å². The van der Waals surface area contributed by atoms with Crippen LogP contribution in [0.5, 0.6) is 0 Å². The highest BCUT2D eigenvalue weighted by Gasteiger charge is 2.32. The van der Waals surface area contributed by atoms with Gasteiger partial charge in [-0.15, -0.1) is 0 Å². The van der Waals surface area contributed by atoms with Crippen LogP contribution in [-0.2, 0) is 24.8 Å². The SMILES string of the molecule is Cn1c2c(cc(-c3ccccc3)c1=O)CN(C(=O)CC1NC(=O)c3ccccc31)CC2. The number of hydrogen-bond acceptors (Lipinski definition) is 3. The molecule has 31 heavy (non-hydrogen) atoms. The van der Waals surface area contributed by atoms with Crippen molar-refractivity contribution in [2.45, 2.75) is 25.4 Å². The molecular weight excluding hydrogens is 390 g/mol. The van der Waals surface area contributed by atoms with Crippen LogP contribution in [-0.4, -0.2) is 27.8 Å². The number of pyridine rings is 1. The third-order valence-electron chi connectivity index (χ3n) is 6.31. The summed E-state index contributed by atoms with van der Waals surface area (Å²) >= 11 is 0. The van der Waals surface area contributed by atoms with Crippen LogP contribution >= 0.6 is 0 Å². The second kappa shape index (κ2) is 7.54. The van der Waals surface area contributed by atoms with Gasteiger partial charge in [0.25, 0.3) is 11.5 Å². The van der Waals surface area contributed by atoms with Gasteiger partial charge in [-0.25, -0.2) is 0 Å². The normalized spacial score (nSPS) is 17.1. The molecule has 1 unspecified atom stereocenters. The van der Waals surface area contributed by atoms with Crippen molar-refractivity contribution in [3.63, 3.8) is 0 Å². The largest absolute Gasteiger partial charge is 0.345 e. The summed E-state index contributed by atoms with van der Waals surface area (Å²) in [4.78, 5) is 40.0. The molecule has 0 aliphatic carbocycles. The Morgan fingerprint density at radius 3 is 2.58 bits per heavy atom. The van der Waals surface area contributed by atoms with E-state index in [0.717, 1.165) is 22.4 Å². The first-order chi connectivity index (χ1) is 15.0. The van der Waals surface area contributed by atoms with E-state index in [2.05, 4.69) is 5.32 Å². The van der Waals surface area contributed by atoms with Crippen molar-refractivity contribution in [2.24, 2.45) is 7.05 Å². The predicted molar refractivity (Wildman–Crippen MR) is 118 cm³/mol. The fourth-order valence-electron chi connectivity index (χ4n) is 4.65. The summed E-state index contributed by atoms with van der Waals surface area (Å²) in [7, 11) is 1.80. The van der Waals surface area contributed by atoms with Crippen LogP contribution in [0.2, 0.25) is 0 Å². The van der Waals surface area contributed by atoms with Crippen LogP contribution in [0.3, 0.4) is 0 Å². The summed E-state index contributed by atoms with van der Waals surface area (Å²) in [6.45, 7) is 1.02. The average Bonchev–Trinajstić information content (AvgIpc) is 3.12. The molecule has 6 nitrogen and oxygen atoms in total. The van der Waals surface area contributed by atoms with E-state index in [9.17, 15) is 14.4 Å². The molecule has 0 bridgehead atoms. The van der Waals surface area contributed by atoms with Crippen LogP contribution in [0.1, 0.15) is 39.6 Å². The van der Waals surface area contributed by atoms with E-state index in [0.29, 0.717) is 30.6 Å². The molecule has 5 rings (SSSR count). The standard InChI is InChI=1S/C25H23N3O3/c1-27-22-11-12-28(15-17(22)13-20(25(27)31)16-7-3-2-4-8-16)23(29)14-21-18-9-5-6-10-19(18)24(30)26-21/h2-10,13,21H,11-12,14-15H2,1H3,(H,26,30). The first-order valence-corrected chi connectivity index (χ1v) is 10.5. The van der Waals surface area contributed by atoms with Crippen molar-refractivity contribution in [3.8, 4) is 11.1 Å². The van der Waals surface area contributed by atoms with E-state index < -0.39 is 0 Å². The lowest BCUT2D eigenvalue weighted by Crippen LogP contribution is -2.40. The molecule has 1 atom stereocenters. The molecule has 2 aliphatic rings. The van der Waals surface area contributed by atoms with Gasteiger partial charge in [0.2, 0.25) is 5.91 Å². The lowest BCUT2D eigenvalue weighted by atomic mass is 9.98. The van der Waals surface area contributed by atoms with Crippen LogP contribution in [0, 0.1) is 0 Å². The monoisotopic (exact) mass is 413 g/mol. The molecule has 0 saturated heterocycles. The Kier molecular flexibility index (Phi) is 4.70. The Morgan fingerprint density at radius 1 is 1.03 bits per heavy atom. The molecule has 0 saturated carbocycles. The van der Waals surface area contributed by atoms with Crippen LogP contribution in [0.15, 0.2) is 65.5 Å². The molecule has 3 aromatic rings. The lowest BCUT2D eigenvalue weighted by molar-refractivity contribution is -0.132. The number of benzene rings is 2. The Balaban J connectivity index is 1.40. The summed E-state index contributed by atoms with van der Waals surface area (Å²) in [6, 6.07) is 18.7. The highest BCUT2D eigenvalue weighted by Crippen LogP contribution is 2.29. The molecule has 3 heterocycles. The first kappa shape index (κ1) is 19.3. The fourth-order valence-corrected chi connectivity index (χ4v) is 4.65. The van der Waals surface area contributed by atoms with Crippen LogP contribution in [0.25, 0.3) is 11.1 Å². The first-order valence-electron chi connectivity index (χ1n) is 10.5. The molecule has 0 fully saturated rings. The third kappa shape index (κ3) is 3.34. The van der Waals surface area contributed by atoms with E-state index >= 15 is 0 Å². The van der Waals surface area contributed by atoms with Crippen molar-refractivity contribution in [1.29, 1.82) is 0 Å². The molecule has 2 amide bonds. The summed E-state index contributed by atoms with van der Waals surface area (Å²) < 4.78 is 1.72. The van der Waals surface area contributed by atoms with E-state index in [1.807, 2.05) is 59.5 Å². The smallest absolute Gasteiger partial charge is 0.258 e. The van der Waals surface area contributed by atoms with Gasteiger partial charge in [0.05, 0.1) is 12.5 Å². The number of carbonyl (C=O) groups is 2. The zero-order valence-corrected chi connectivity index (χ0v) is 17.3. The van der Waals surface area contributed by atoms with Crippen molar-refractivity contribution in [1.82, 2.24) is 14.8 Å². The average molecular weight is 413 g/mol. The van der Waals surface area contributed by atoms with Crippen LogP contribution in [0.4, 0.5) is 0 Å². The molecule has 1 N–H and O–H groups in total. The number of nitrogens with zero attached hydrogens (tertiary/aromatic N) is 2. The quantitative estimate of drug-likeness (QED) is 0.718. The maximum absolute atomic E-state index is 13.1. The lowest BCUT2D eigenvalue weighted by Gasteiger charge is -2.31. The summed E-state index contributed by atoms with van der Waals surface area (Å²) in [5, 5.41) is 2.92. The summed E-state index contributed by atoms with van der Waals surface area (Å²) in [5.41, 5.74) is 5.01. The zero-order valence-electron chi connectivity index (χ0n) is 17.3. The van der Waals surface area contributed by atoms with Crippen molar-refractivity contribution < 1.29 is 9.59 Å². The number of rotatable bonds is 3. The van der Waals surface area contributed by atoms with Gasteiger partial charge in [-0.05, 0) is 28.8 Å². The molecule has 1 aromatic heterocycles. The topological polar surface area (TPSA) is 71.4 Å².